The minimum Gasteiger partial charge on any atom is -0.399 e. The van der Waals surface area contributed by atoms with E-state index in [9.17, 15) is 8.42 Å². The smallest absolute Gasteiger partial charge is 0.243 e. The van der Waals surface area contributed by atoms with E-state index in [1.807, 2.05) is 0 Å². The highest BCUT2D eigenvalue weighted by molar-refractivity contribution is 7.89. The van der Waals surface area contributed by atoms with Gasteiger partial charge in [-0.1, -0.05) is 0 Å². The lowest BCUT2D eigenvalue weighted by Gasteiger charge is -2.27. The van der Waals surface area contributed by atoms with Crippen LogP contribution in [0.25, 0.3) is 0 Å². The molecule has 1 aromatic carbocycles. The van der Waals surface area contributed by atoms with Gasteiger partial charge in [0.05, 0.1) is 11.5 Å². The third kappa shape index (κ3) is 3.31. The maximum Gasteiger partial charge on any atom is 0.243 e. The summed E-state index contributed by atoms with van der Waals surface area (Å²) in [6.45, 7) is 3.68. The lowest BCUT2D eigenvalue weighted by molar-refractivity contribution is 0.0495. The van der Waals surface area contributed by atoms with Gasteiger partial charge in [-0.15, -0.1) is 0 Å². The fourth-order valence-corrected chi connectivity index (χ4v) is 3.99. The van der Waals surface area contributed by atoms with Gasteiger partial charge in [0.2, 0.25) is 10.0 Å². The number of benzene rings is 1. The highest BCUT2D eigenvalue weighted by Gasteiger charge is 2.26. The van der Waals surface area contributed by atoms with Crippen LogP contribution in [-0.4, -0.2) is 39.5 Å². The Kier molecular flexibility index (Phi) is 4.67. The lowest BCUT2D eigenvalue weighted by atomic mass is 10.0. The van der Waals surface area contributed by atoms with Crippen molar-refractivity contribution in [3.05, 3.63) is 23.8 Å². The van der Waals surface area contributed by atoms with Crippen LogP contribution in [-0.2, 0) is 14.8 Å². The van der Waals surface area contributed by atoms with Gasteiger partial charge in [-0.2, -0.15) is 0 Å². The van der Waals surface area contributed by atoms with Crippen molar-refractivity contribution in [1.82, 2.24) is 4.31 Å². The van der Waals surface area contributed by atoms with Crippen LogP contribution in [0.1, 0.15) is 18.4 Å². The highest BCUT2D eigenvalue weighted by Crippen LogP contribution is 2.23. The summed E-state index contributed by atoms with van der Waals surface area (Å²) in [5.41, 5.74) is 6.92. The number of nitrogens with zero attached hydrogens (tertiary/aromatic N) is 1. The molecule has 1 heterocycles. The Hall–Kier alpha value is -1.11. The second-order valence-corrected chi connectivity index (χ2v) is 7.41. The highest BCUT2D eigenvalue weighted by atomic mass is 32.2. The SMILES string of the molecule is Cc1cc(N)ccc1S(=O)(=O)N(C)CC1CCCOC1. The Labute approximate surface area is 120 Å². The number of hydrogen-bond acceptors (Lipinski definition) is 4. The van der Waals surface area contributed by atoms with Crippen LogP contribution in [0.15, 0.2) is 23.1 Å². The van der Waals surface area contributed by atoms with Crippen molar-refractivity contribution in [2.75, 3.05) is 32.5 Å². The van der Waals surface area contributed by atoms with Crippen molar-refractivity contribution in [1.29, 1.82) is 0 Å². The topological polar surface area (TPSA) is 72.6 Å². The molecule has 0 bridgehead atoms. The van der Waals surface area contributed by atoms with E-state index >= 15 is 0 Å². The van der Waals surface area contributed by atoms with E-state index in [1.165, 1.54) is 4.31 Å². The largest absolute Gasteiger partial charge is 0.399 e. The van der Waals surface area contributed by atoms with Crippen molar-refractivity contribution in [2.24, 2.45) is 5.92 Å². The van der Waals surface area contributed by atoms with Gasteiger partial charge >= 0.3 is 0 Å². The molecule has 1 atom stereocenters. The summed E-state index contributed by atoms with van der Waals surface area (Å²) in [5.74, 6) is 0.276. The zero-order valence-electron chi connectivity index (χ0n) is 12.0. The molecule has 20 heavy (non-hydrogen) atoms. The first-order valence-corrected chi connectivity index (χ1v) is 8.25. The Morgan fingerprint density at radius 2 is 2.20 bits per heavy atom. The summed E-state index contributed by atoms with van der Waals surface area (Å²) in [7, 11) is -1.84. The number of anilines is 1. The molecule has 1 aromatic rings. The second-order valence-electron chi connectivity index (χ2n) is 5.39. The maximum absolute atomic E-state index is 12.6. The molecule has 1 aliphatic heterocycles. The van der Waals surface area contributed by atoms with E-state index in [4.69, 9.17) is 10.5 Å². The van der Waals surface area contributed by atoms with Crippen molar-refractivity contribution in [3.8, 4) is 0 Å². The standard InChI is InChI=1S/C14H22N2O3S/c1-11-8-13(15)5-6-14(11)20(17,18)16(2)9-12-4-3-7-19-10-12/h5-6,8,12H,3-4,7,9-10,15H2,1-2H3. The number of rotatable bonds is 4. The minimum atomic E-state index is -3.46. The first-order valence-electron chi connectivity index (χ1n) is 6.81. The van der Waals surface area contributed by atoms with E-state index in [0.717, 1.165) is 19.4 Å². The summed E-state index contributed by atoms with van der Waals surface area (Å²) in [4.78, 5) is 0.325. The Morgan fingerprint density at radius 1 is 1.45 bits per heavy atom. The van der Waals surface area contributed by atoms with E-state index in [0.29, 0.717) is 29.3 Å². The van der Waals surface area contributed by atoms with Crippen LogP contribution in [0.3, 0.4) is 0 Å². The van der Waals surface area contributed by atoms with Crippen molar-refractivity contribution >= 4 is 15.7 Å². The number of sulfonamides is 1. The molecule has 1 saturated heterocycles. The molecular weight excluding hydrogens is 276 g/mol. The summed E-state index contributed by atoms with van der Waals surface area (Å²) < 4.78 is 32.0. The monoisotopic (exact) mass is 298 g/mol. The molecule has 0 aliphatic carbocycles. The summed E-state index contributed by atoms with van der Waals surface area (Å²) in [6, 6.07) is 4.88. The van der Waals surface area contributed by atoms with Gasteiger partial charge in [0, 0.05) is 25.9 Å². The average Bonchev–Trinajstić information content (AvgIpc) is 2.39. The van der Waals surface area contributed by atoms with Gasteiger partial charge < -0.3 is 10.5 Å². The van der Waals surface area contributed by atoms with E-state index in [-0.39, 0.29) is 5.92 Å². The maximum atomic E-state index is 12.6. The van der Waals surface area contributed by atoms with Crippen LogP contribution in [0.4, 0.5) is 5.69 Å². The molecule has 2 N–H and O–H groups in total. The number of aryl methyl sites for hydroxylation is 1. The fourth-order valence-electron chi connectivity index (χ4n) is 2.54. The predicted octanol–water partition coefficient (Wildman–Crippen LogP) is 1.62. The average molecular weight is 298 g/mol. The lowest BCUT2D eigenvalue weighted by Crippen LogP contribution is -2.35. The van der Waals surface area contributed by atoms with E-state index in [1.54, 1.807) is 32.2 Å². The van der Waals surface area contributed by atoms with Crippen molar-refractivity contribution in [3.63, 3.8) is 0 Å². The molecule has 0 aromatic heterocycles. The molecular formula is C14H22N2O3S. The number of hydrogen-bond donors (Lipinski definition) is 1. The molecule has 112 valence electrons. The molecule has 1 fully saturated rings. The number of nitrogens with two attached hydrogens (primary N) is 1. The van der Waals surface area contributed by atoms with Gasteiger partial charge in [-0.05, 0) is 49.4 Å². The molecule has 1 aliphatic rings. The predicted molar refractivity (Wildman–Crippen MR) is 79.0 cm³/mol. The molecule has 5 nitrogen and oxygen atoms in total. The molecule has 0 radical (unpaired) electrons. The van der Waals surface area contributed by atoms with Gasteiger partial charge in [-0.25, -0.2) is 12.7 Å². The minimum absolute atomic E-state index is 0.276. The second kappa shape index (κ2) is 6.11. The van der Waals surface area contributed by atoms with Crippen LogP contribution >= 0.6 is 0 Å². The van der Waals surface area contributed by atoms with E-state index in [2.05, 4.69) is 0 Å². The molecule has 6 heteroatoms. The van der Waals surface area contributed by atoms with Crippen LogP contribution in [0, 0.1) is 12.8 Å². The summed E-state index contributed by atoms with van der Waals surface area (Å²) >= 11 is 0. The van der Waals surface area contributed by atoms with Crippen molar-refractivity contribution in [2.45, 2.75) is 24.7 Å². The quantitative estimate of drug-likeness (QED) is 0.857. The van der Waals surface area contributed by atoms with Gasteiger partial charge in [0.15, 0.2) is 0 Å². The number of nitrogen functional groups attached to an aromatic ring is 1. The zero-order chi connectivity index (χ0) is 14.8. The van der Waals surface area contributed by atoms with Gasteiger partial charge in [0.25, 0.3) is 0 Å². The van der Waals surface area contributed by atoms with Crippen molar-refractivity contribution < 1.29 is 13.2 Å². The molecule has 1 unspecified atom stereocenters. The third-order valence-corrected chi connectivity index (χ3v) is 5.64. The molecule has 2 rings (SSSR count). The van der Waals surface area contributed by atoms with Crippen LogP contribution in [0.5, 0.6) is 0 Å². The molecule has 0 amide bonds. The van der Waals surface area contributed by atoms with Gasteiger partial charge in [-0.3, -0.25) is 0 Å². The number of ether oxygens (including phenoxy) is 1. The van der Waals surface area contributed by atoms with E-state index < -0.39 is 10.0 Å². The fraction of sp³-hybridized carbons (Fsp3) is 0.571. The molecule has 0 saturated carbocycles. The Morgan fingerprint density at radius 3 is 2.80 bits per heavy atom. The first-order chi connectivity index (χ1) is 9.41. The summed E-state index contributed by atoms with van der Waals surface area (Å²) in [6.07, 6.45) is 2.01. The molecule has 0 spiro atoms. The normalized spacial score (nSPS) is 20.2. The first kappa shape index (κ1) is 15.3. The third-order valence-electron chi connectivity index (χ3n) is 3.66. The van der Waals surface area contributed by atoms with Gasteiger partial charge in [0.1, 0.15) is 0 Å². The van der Waals surface area contributed by atoms with Crippen LogP contribution < -0.4 is 5.73 Å². The zero-order valence-corrected chi connectivity index (χ0v) is 12.8. The summed E-state index contributed by atoms with van der Waals surface area (Å²) in [5, 5.41) is 0. The Bertz CT molecular complexity index is 566. The Balaban J connectivity index is 2.16. The van der Waals surface area contributed by atoms with Crippen LogP contribution in [0.2, 0.25) is 0 Å².